The van der Waals surface area contributed by atoms with Crippen LogP contribution in [0.15, 0.2) is 42.7 Å². The number of piperidine rings is 1. The van der Waals surface area contributed by atoms with E-state index >= 15 is 0 Å². The van der Waals surface area contributed by atoms with E-state index < -0.39 is 11.5 Å². The Morgan fingerprint density at radius 1 is 1.23 bits per heavy atom. The standard InChI is InChI=1S/C22H22N6O3/c1-14(29)26-9-17-10-28(21(30)31-17)16-5-3-15(4-6-16)22(13-23)18-11-27(12-19(18)22)20-24-7-2-8-25-20/h2-8,17-19H,9-12H2,1H3,(H,26,29)/t17-,18?,19?,22?/m0/s1. The first-order valence-electron chi connectivity index (χ1n) is 10.3. The number of fused-ring (bicyclic) bond motifs is 1. The first kappa shape index (κ1) is 19.3. The Labute approximate surface area is 179 Å². The van der Waals surface area contributed by atoms with Crippen molar-refractivity contribution in [2.24, 2.45) is 11.8 Å². The monoisotopic (exact) mass is 418 g/mol. The number of carbonyl (C=O) groups excluding carboxylic acids is 2. The van der Waals surface area contributed by atoms with Gasteiger partial charge in [0.05, 0.1) is 24.6 Å². The number of nitrogens with one attached hydrogen (secondary N) is 1. The van der Waals surface area contributed by atoms with Gasteiger partial charge in [-0.05, 0) is 23.8 Å². The van der Waals surface area contributed by atoms with Gasteiger partial charge in [0.2, 0.25) is 11.9 Å². The van der Waals surface area contributed by atoms with E-state index in [4.69, 9.17) is 4.74 Å². The number of amides is 2. The third-order valence-electron chi connectivity index (χ3n) is 6.51. The number of carbonyl (C=O) groups is 2. The molecule has 2 aliphatic heterocycles. The van der Waals surface area contributed by atoms with Crippen LogP contribution in [-0.2, 0) is 14.9 Å². The van der Waals surface area contributed by atoms with Gasteiger partial charge in [0.15, 0.2) is 0 Å². The number of ether oxygens (including phenoxy) is 1. The molecule has 1 aromatic heterocycles. The van der Waals surface area contributed by atoms with Gasteiger partial charge in [-0.25, -0.2) is 14.8 Å². The van der Waals surface area contributed by atoms with Crippen LogP contribution in [0.1, 0.15) is 12.5 Å². The molecule has 3 atom stereocenters. The minimum absolute atomic E-state index is 0.159. The molecule has 3 heterocycles. The highest BCUT2D eigenvalue weighted by atomic mass is 16.6. The summed E-state index contributed by atoms with van der Waals surface area (Å²) in [5.74, 6) is 1.03. The zero-order chi connectivity index (χ0) is 21.6. The number of rotatable bonds is 5. The number of anilines is 2. The Hall–Kier alpha value is -3.67. The molecule has 9 nitrogen and oxygen atoms in total. The summed E-state index contributed by atoms with van der Waals surface area (Å²) in [5.41, 5.74) is 1.20. The first-order valence-corrected chi connectivity index (χ1v) is 10.3. The van der Waals surface area contributed by atoms with Crippen molar-refractivity contribution in [3.8, 4) is 6.07 Å². The number of nitriles is 1. The summed E-state index contributed by atoms with van der Waals surface area (Å²) in [6.45, 7) is 3.61. The molecule has 1 saturated carbocycles. The van der Waals surface area contributed by atoms with Crippen LogP contribution in [0.3, 0.4) is 0 Å². The summed E-state index contributed by atoms with van der Waals surface area (Å²) in [6, 6.07) is 12.0. The summed E-state index contributed by atoms with van der Waals surface area (Å²) < 4.78 is 5.33. The molecule has 158 valence electrons. The van der Waals surface area contributed by atoms with Crippen molar-refractivity contribution < 1.29 is 14.3 Å². The predicted molar refractivity (Wildman–Crippen MR) is 111 cm³/mol. The van der Waals surface area contributed by atoms with Crippen molar-refractivity contribution in [1.29, 1.82) is 5.26 Å². The molecular formula is C22H22N6O3. The Morgan fingerprint density at radius 2 is 1.90 bits per heavy atom. The molecule has 1 N–H and O–H groups in total. The van der Waals surface area contributed by atoms with Crippen LogP contribution in [0.2, 0.25) is 0 Å². The molecule has 1 aromatic carbocycles. The maximum Gasteiger partial charge on any atom is 0.414 e. The lowest BCUT2D eigenvalue weighted by atomic mass is 9.91. The van der Waals surface area contributed by atoms with E-state index in [0.29, 0.717) is 12.5 Å². The lowest BCUT2D eigenvalue weighted by molar-refractivity contribution is -0.119. The third-order valence-corrected chi connectivity index (χ3v) is 6.51. The molecule has 2 amide bonds. The lowest BCUT2D eigenvalue weighted by Crippen LogP contribution is -2.33. The molecule has 5 rings (SSSR count). The SMILES string of the molecule is CC(=O)NC[C@H]1CN(c2ccc(C3(C#N)C4CN(c5ncccn5)CC43)cc2)C(=O)O1. The van der Waals surface area contributed by atoms with Gasteiger partial charge < -0.3 is 15.0 Å². The van der Waals surface area contributed by atoms with Crippen molar-refractivity contribution in [1.82, 2.24) is 15.3 Å². The summed E-state index contributed by atoms with van der Waals surface area (Å²) >= 11 is 0. The van der Waals surface area contributed by atoms with E-state index in [2.05, 4.69) is 26.3 Å². The molecule has 2 saturated heterocycles. The van der Waals surface area contributed by atoms with Crippen LogP contribution in [0.25, 0.3) is 0 Å². The fraction of sp³-hybridized carbons (Fsp3) is 0.409. The average Bonchev–Trinajstić information content (AvgIpc) is 3.09. The van der Waals surface area contributed by atoms with E-state index in [1.54, 1.807) is 23.4 Å². The van der Waals surface area contributed by atoms with Crippen LogP contribution in [0.4, 0.5) is 16.4 Å². The molecule has 0 spiro atoms. The number of hydrogen-bond acceptors (Lipinski definition) is 7. The van der Waals surface area contributed by atoms with Gasteiger partial charge >= 0.3 is 6.09 Å². The second kappa shape index (κ2) is 7.23. The Morgan fingerprint density at radius 3 is 2.52 bits per heavy atom. The van der Waals surface area contributed by atoms with Crippen molar-refractivity contribution in [2.75, 3.05) is 36.0 Å². The molecule has 3 aliphatic rings. The highest BCUT2D eigenvalue weighted by molar-refractivity contribution is 5.89. The summed E-state index contributed by atoms with van der Waals surface area (Å²) in [6.07, 6.45) is 2.65. The number of nitrogens with zero attached hydrogens (tertiary/aromatic N) is 5. The van der Waals surface area contributed by atoms with Crippen molar-refractivity contribution in [3.05, 3.63) is 48.3 Å². The second-order valence-electron chi connectivity index (χ2n) is 8.25. The van der Waals surface area contributed by atoms with E-state index in [1.807, 2.05) is 24.3 Å². The zero-order valence-electron chi connectivity index (χ0n) is 17.1. The molecule has 1 aliphatic carbocycles. The Bertz CT molecular complexity index is 1040. The van der Waals surface area contributed by atoms with E-state index in [-0.39, 0.29) is 30.4 Å². The molecule has 3 fully saturated rings. The van der Waals surface area contributed by atoms with Crippen molar-refractivity contribution in [2.45, 2.75) is 18.4 Å². The van der Waals surface area contributed by atoms with Crippen LogP contribution < -0.4 is 15.1 Å². The molecule has 31 heavy (non-hydrogen) atoms. The summed E-state index contributed by atoms with van der Waals surface area (Å²) in [5, 5.41) is 12.7. The van der Waals surface area contributed by atoms with E-state index in [0.717, 1.165) is 24.3 Å². The second-order valence-corrected chi connectivity index (χ2v) is 8.25. The maximum absolute atomic E-state index is 12.2. The Balaban J connectivity index is 1.27. The summed E-state index contributed by atoms with van der Waals surface area (Å²) in [4.78, 5) is 35.6. The molecular weight excluding hydrogens is 396 g/mol. The van der Waals surface area contributed by atoms with Crippen LogP contribution in [0.5, 0.6) is 0 Å². The van der Waals surface area contributed by atoms with E-state index in [1.165, 1.54) is 6.92 Å². The predicted octanol–water partition coefficient (Wildman–Crippen LogP) is 1.47. The highest BCUT2D eigenvalue weighted by Gasteiger charge is 2.70. The largest absolute Gasteiger partial charge is 0.442 e. The minimum atomic E-state index is -0.497. The summed E-state index contributed by atoms with van der Waals surface area (Å²) in [7, 11) is 0. The van der Waals surface area contributed by atoms with Gasteiger partial charge in [-0.2, -0.15) is 5.26 Å². The van der Waals surface area contributed by atoms with Crippen molar-refractivity contribution in [3.63, 3.8) is 0 Å². The minimum Gasteiger partial charge on any atom is -0.442 e. The zero-order valence-corrected chi connectivity index (χ0v) is 17.1. The van der Waals surface area contributed by atoms with Gasteiger partial charge in [0.1, 0.15) is 6.10 Å². The van der Waals surface area contributed by atoms with Crippen molar-refractivity contribution >= 4 is 23.6 Å². The van der Waals surface area contributed by atoms with Gasteiger partial charge in [-0.1, -0.05) is 12.1 Å². The van der Waals surface area contributed by atoms with Crippen LogP contribution in [-0.4, -0.2) is 54.3 Å². The van der Waals surface area contributed by atoms with Crippen LogP contribution >= 0.6 is 0 Å². The van der Waals surface area contributed by atoms with Gasteiger partial charge in [-0.3, -0.25) is 9.69 Å². The number of hydrogen-bond donors (Lipinski definition) is 1. The Kier molecular flexibility index (Phi) is 4.50. The van der Waals surface area contributed by atoms with Gasteiger partial charge in [0, 0.05) is 49.9 Å². The van der Waals surface area contributed by atoms with Crippen LogP contribution in [0, 0.1) is 23.2 Å². The molecule has 0 radical (unpaired) electrons. The lowest BCUT2D eigenvalue weighted by Gasteiger charge is -2.23. The fourth-order valence-electron chi connectivity index (χ4n) is 4.92. The molecule has 9 heteroatoms. The normalized spacial score (nSPS) is 28.6. The maximum atomic E-state index is 12.2. The number of benzene rings is 1. The molecule has 2 aromatic rings. The molecule has 0 bridgehead atoms. The topological polar surface area (TPSA) is 111 Å². The third kappa shape index (κ3) is 3.15. The fourth-order valence-corrected chi connectivity index (χ4v) is 4.92. The van der Waals surface area contributed by atoms with E-state index in [9.17, 15) is 14.9 Å². The number of cyclic esters (lactones) is 1. The molecule has 2 unspecified atom stereocenters. The number of aromatic nitrogens is 2. The first-order chi connectivity index (χ1) is 15.0. The average molecular weight is 418 g/mol. The smallest absolute Gasteiger partial charge is 0.414 e. The highest BCUT2D eigenvalue weighted by Crippen LogP contribution is 2.63. The quantitative estimate of drug-likeness (QED) is 0.782. The van der Waals surface area contributed by atoms with Gasteiger partial charge in [-0.15, -0.1) is 0 Å². The van der Waals surface area contributed by atoms with Gasteiger partial charge in [0.25, 0.3) is 0 Å².